The molecule has 0 fully saturated rings. The van der Waals surface area contributed by atoms with Crippen LogP contribution in [0.1, 0.15) is 58.4 Å². The molecule has 0 unspecified atom stereocenters. The van der Waals surface area contributed by atoms with E-state index in [0.29, 0.717) is 11.5 Å². The summed E-state index contributed by atoms with van der Waals surface area (Å²) < 4.78 is 17.0. The van der Waals surface area contributed by atoms with Crippen LogP contribution in [0.2, 0.25) is 0 Å². The molecule has 0 saturated heterocycles. The number of phenols is 2. The summed E-state index contributed by atoms with van der Waals surface area (Å²) in [6.45, 7) is 12.3. The summed E-state index contributed by atoms with van der Waals surface area (Å²) in [6.07, 6.45) is 1.66. The number of aromatic hydroxyl groups is 2. The summed E-state index contributed by atoms with van der Waals surface area (Å²) in [4.78, 5) is 0. The Labute approximate surface area is 233 Å². The van der Waals surface area contributed by atoms with Crippen LogP contribution in [0, 0.1) is 0 Å². The average molecular weight is 559 g/mol. The molecule has 0 aliphatic rings. The zero-order chi connectivity index (χ0) is 25.2. The molecule has 0 atom stereocenters. The third kappa shape index (κ3) is 12.1. The SMILES string of the molecule is COc1ccc(O)c(C(C)(C)C)c1.COc1ccc(O)c(C(C)(C)C)c1.[Cl-].[Cl-].[Ti]=[CH]c1ccco1. The molecule has 1 heterocycles. The Bertz CT molecular complexity index is 944. The Hall–Kier alpha value is -1.92. The van der Waals surface area contributed by atoms with E-state index in [0.717, 1.165) is 28.4 Å². The summed E-state index contributed by atoms with van der Waals surface area (Å²) in [5.74, 6) is 3.15. The third-order valence-corrected chi connectivity index (χ3v) is 5.15. The Morgan fingerprint density at radius 3 is 1.37 bits per heavy atom. The van der Waals surface area contributed by atoms with E-state index in [4.69, 9.17) is 13.9 Å². The van der Waals surface area contributed by atoms with E-state index < -0.39 is 0 Å². The van der Waals surface area contributed by atoms with Crippen LogP contribution in [0.4, 0.5) is 0 Å². The van der Waals surface area contributed by atoms with Gasteiger partial charge < -0.3 is 44.5 Å². The fourth-order valence-corrected chi connectivity index (χ4v) is 3.12. The van der Waals surface area contributed by atoms with Gasteiger partial charge in [-0.3, -0.25) is 0 Å². The Kier molecular flexibility index (Phi) is 16.1. The van der Waals surface area contributed by atoms with Crippen LogP contribution in [0.15, 0.2) is 59.2 Å². The maximum absolute atomic E-state index is 9.61. The molecule has 0 radical (unpaired) electrons. The van der Waals surface area contributed by atoms with Crippen molar-refractivity contribution in [3.05, 3.63) is 71.7 Å². The first-order valence-corrected chi connectivity index (χ1v) is 11.5. The van der Waals surface area contributed by atoms with E-state index in [1.54, 1.807) is 44.7 Å². The number of hydrogen-bond acceptors (Lipinski definition) is 5. The van der Waals surface area contributed by atoms with Crippen molar-refractivity contribution in [3.63, 3.8) is 0 Å². The number of phenolic OH excluding ortho intramolecular Hbond substituents is 2. The second-order valence-electron chi connectivity index (χ2n) is 9.43. The first-order valence-electron chi connectivity index (χ1n) is 10.6. The number of ether oxygens (including phenoxy) is 2. The standard InChI is InChI=1S/2C11H16O2.C5H4O.2ClH.Ti/c2*1-11(2,3)9-7-8(13-4)5-6-10(9)12;1-5-3-2-4-6-5;;;/h2*5-7,12H,1-4H3;1-4H;2*1H;/p-2. The van der Waals surface area contributed by atoms with Gasteiger partial charge in [-0.05, 0) is 47.2 Å². The van der Waals surface area contributed by atoms with E-state index >= 15 is 0 Å². The van der Waals surface area contributed by atoms with Crippen molar-refractivity contribution < 1.29 is 68.9 Å². The van der Waals surface area contributed by atoms with Crippen LogP contribution >= 0.6 is 0 Å². The number of benzene rings is 2. The summed E-state index contributed by atoms with van der Waals surface area (Å²) in [5, 5.41) is 19.2. The van der Waals surface area contributed by atoms with E-state index in [2.05, 4.69) is 41.5 Å². The molecule has 3 aromatic rings. The van der Waals surface area contributed by atoms with E-state index in [1.807, 2.05) is 48.6 Å². The molecule has 2 aromatic carbocycles. The Morgan fingerprint density at radius 1 is 0.743 bits per heavy atom. The molecular weight excluding hydrogens is 523 g/mol. The van der Waals surface area contributed by atoms with Crippen LogP contribution in [-0.2, 0) is 30.8 Å². The van der Waals surface area contributed by atoms with Gasteiger partial charge in [-0.15, -0.1) is 0 Å². The van der Waals surface area contributed by atoms with Crippen molar-refractivity contribution in [2.45, 2.75) is 52.4 Å². The minimum atomic E-state index is -0.0569. The normalized spacial score (nSPS) is 10.1. The number of rotatable bonds is 3. The summed E-state index contributed by atoms with van der Waals surface area (Å²) in [6, 6.07) is 14.4. The fourth-order valence-electron chi connectivity index (χ4n) is 2.86. The molecule has 3 rings (SSSR count). The molecule has 2 N–H and O–H groups in total. The molecule has 0 saturated carbocycles. The first kappa shape index (κ1) is 35.2. The van der Waals surface area contributed by atoms with E-state index in [-0.39, 0.29) is 35.6 Å². The quantitative estimate of drug-likeness (QED) is 0.455. The Morgan fingerprint density at radius 2 is 1.14 bits per heavy atom. The Balaban J connectivity index is 0. The van der Waals surface area contributed by atoms with Gasteiger partial charge in [0.1, 0.15) is 23.0 Å². The third-order valence-electron chi connectivity index (χ3n) is 4.71. The van der Waals surface area contributed by atoms with Crippen LogP contribution in [0.25, 0.3) is 0 Å². The first-order chi connectivity index (χ1) is 15.3. The van der Waals surface area contributed by atoms with Crippen LogP contribution < -0.4 is 34.3 Å². The molecule has 1 aromatic heterocycles. The number of hydrogen-bond donors (Lipinski definition) is 2. The summed E-state index contributed by atoms with van der Waals surface area (Å²) in [7, 11) is 3.25. The molecule has 0 bridgehead atoms. The predicted octanol–water partition coefficient (Wildman–Crippen LogP) is 0.381. The van der Waals surface area contributed by atoms with Crippen molar-refractivity contribution in [1.82, 2.24) is 0 Å². The second kappa shape index (κ2) is 16.0. The molecule has 5 nitrogen and oxygen atoms in total. The number of furan rings is 1. The van der Waals surface area contributed by atoms with Gasteiger partial charge in [0.05, 0.1) is 14.2 Å². The van der Waals surface area contributed by atoms with Crippen molar-refractivity contribution >= 4 is 4.31 Å². The molecule has 8 heteroatoms. The zero-order valence-electron chi connectivity index (χ0n) is 21.6. The van der Waals surface area contributed by atoms with Crippen molar-refractivity contribution in [2.75, 3.05) is 14.2 Å². The van der Waals surface area contributed by atoms with Gasteiger partial charge >= 0.3 is 52.9 Å². The number of methoxy groups -OCH3 is 2. The zero-order valence-corrected chi connectivity index (χ0v) is 24.7. The number of halogens is 2. The molecule has 0 spiro atoms. The monoisotopic (exact) mass is 558 g/mol. The van der Waals surface area contributed by atoms with Gasteiger partial charge in [-0.2, -0.15) is 0 Å². The predicted molar refractivity (Wildman–Crippen MR) is 131 cm³/mol. The van der Waals surface area contributed by atoms with E-state index in [9.17, 15) is 10.2 Å². The van der Waals surface area contributed by atoms with Crippen molar-refractivity contribution in [1.29, 1.82) is 0 Å². The molecule has 0 amide bonds. The van der Waals surface area contributed by atoms with Gasteiger partial charge in [0.25, 0.3) is 0 Å². The minimum absolute atomic E-state index is 0. The molecule has 194 valence electrons. The van der Waals surface area contributed by atoms with Gasteiger partial charge in [-0.1, -0.05) is 41.5 Å². The topological polar surface area (TPSA) is 72.1 Å². The maximum atomic E-state index is 9.61. The summed E-state index contributed by atoms with van der Waals surface area (Å²) >= 11 is 1.94. The fraction of sp³-hybridized carbons (Fsp3) is 0.370. The van der Waals surface area contributed by atoms with Crippen LogP contribution in [0.3, 0.4) is 0 Å². The van der Waals surface area contributed by atoms with Gasteiger partial charge in [0, 0.05) is 11.1 Å². The van der Waals surface area contributed by atoms with E-state index in [1.165, 1.54) is 0 Å². The molecule has 0 aliphatic carbocycles. The van der Waals surface area contributed by atoms with Gasteiger partial charge in [-0.25, -0.2) is 0 Å². The van der Waals surface area contributed by atoms with Crippen molar-refractivity contribution in [3.8, 4) is 23.0 Å². The second-order valence-corrected chi connectivity index (χ2v) is 9.88. The average Bonchev–Trinajstić information content (AvgIpc) is 3.28. The van der Waals surface area contributed by atoms with Gasteiger partial charge in [0.2, 0.25) is 0 Å². The molecular formula is C27H36Cl2O5Ti-2. The molecule has 35 heavy (non-hydrogen) atoms. The van der Waals surface area contributed by atoms with Crippen LogP contribution in [-0.4, -0.2) is 28.7 Å². The van der Waals surface area contributed by atoms with Gasteiger partial charge in [0.15, 0.2) is 0 Å². The molecule has 0 aliphatic heterocycles. The van der Waals surface area contributed by atoms with Crippen LogP contribution in [0.5, 0.6) is 23.0 Å². The van der Waals surface area contributed by atoms with Crippen molar-refractivity contribution in [2.24, 2.45) is 0 Å². The summed E-state index contributed by atoms with van der Waals surface area (Å²) in [5.41, 5.74) is 1.70.